The van der Waals surface area contributed by atoms with Crippen molar-refractivity contribution in [3.63, 3.8) is 0 Å². The SMILES string of the molecule is NC(=O)CC(=O)Cc1ccco1. The quantitative estimate of drug-likeness (QED) is 0.654. The van der Waals surface area contributed by atoms with Crippen LogP contribution in [0.4, 0.5) is 0 Å². The van der Waals surface area contributed by atoms with Crippen LogP contribution < -0.4 is 5.73 Å². The Balaban J connectivity index is 2.42. The molecule has 0 fully saturated rings. The molecule has 0 radical (unpaired) electrons. The van der Waals surface area contributed by atoms with Crippen molar-refractivity contribution in [1.82, 2.24) is 0 Å². The van der Waals surface area contributed by atoms with E-state index in [1.165, 1.54) is 6.26 Å². The van der Waals surface area contributed by atoms with Crippen LogP contribution in [-0.2, 0) is 16.0 Å². The maximum atomic E-state index is 11.0. The third-order valence-corrected chi connectivity index (χ3v) is 1.32. The van der Waals surface area contributed by atoms with E-state index in [2.05, 4.69) is 0 Å². The van der Waals surface area contributed by atoms with Crippen molar-refractivity contribution < 1.29 is 14.0 Å². The van der Waals surface area contributed by atoms with Crippen molar-refractivity contribution in [2.45, 2.75) is 12.8 Å². The van der Waals surface area contributed by atoms with Crippen molar-refractivity contribution >= 4 is 11.7 Å². The van der Waals surface area contributed by atoms with E-state index in [-0.39, 0.29) is 18.6 Å². The van der Waals surface area contributed by atoms with Gasteiger partial charge in [-0.1, -0.05) is 0 Å². The Morgan fingerprint density at radius 2 is 2.25 bits per heavy atom. The molecular weight excluding hydrogens is 158 g/mol. The van der Waals surface area contributed by atoms with Gasteiger partial charge in [0.2, 0.25) is 5.91 Å². The summed E-state index contributed by atoms with van der Waals surface area (Å²) in [5.41, 5.74) is 4.83. The lowest BCUT2D eigenvalue weighted by atomic mass is 10.2. The first-order valence-corrected chi connectivity index (χ1v) is 3.51. The molecule has 1 aromatic heterocycles. The number of amides is 1. The molecule has 0 aliphatic rings. The largest absolute Gasteiger partial charge is 0.469 e. The molecule has 2 N–H and O–H groups in total. The van der Waals surface area contributed by atoms with Gasteiger partial charge in [-0.15, -0.1) is 0 Å². The van der Waals surface area contributed by atoms with Gasteiger partial charge in [0.1, 0.15) is 11.5 Å². The molecule has 0 aromatic carbocycles. The van der Waals surface area contributed by atoms with Crippen LogP contribution in [0.3, 0.4) is 0 Å². The molecule has 64 valence electrons. The summed E-state index contributed by atoms with van der Waals surface area (Å²) in [7, 11) is 0. The number of furan rings is 1. The van der Waals surface area contributed by atoms with E-state index in [9.17, 15) is 9.59 Å². The van der Waals surface area contributed by atoms with Crippen molar-refractivity contribution in [1.29, 1.82) is 0 Å². The van der Waals surface area contributed by atoms with Crippen LogP contribution >= 0.6 is 0 Å². The zero-order chi connectivity index (χ0) is 8.97. The van der Waals surface area contributed by atoms with Crippen LogP contribution in [0.2, 0.25) is 0 Å². The molecule has 0 saturated carbocycles. The number of rotatable bonds is 4. The molecule has 0 bridgehead atoms. The first-order chi connectivity index (χ1) is 5.68. The van der Waals surface area contributed by atoms with Gasteiger partial charge in [0.05, 0.1) is 19.1 Å². The van der Waals surface area contributed by atoms with Gasteiger partial charge in [-0.3, -0.25) is 9.59 Å². The Bertz CT molecular complexity index is 277. The number of nitrogens with two attached hydrogens (primary N) is 1. The lowest BCUT2D eigenvalue weighted by molar-refractivity contribution is -0.126. The normalized spacial score (nSPS) is 9.67. The van der Waals surface area contributed by atoms with Gasteiger partial charge in [-0.2, -0.15) is 0 Å². The van der Waals surface area contributed by atoms with Gasteiger partial charge in [0.15, 0.2) is 0 Å². The average molecular weight is 167 g/mol. The first kappa shape index (κ1) is 8.52. The molecule has 0 aliphatic carbocycles. The summed E-state index contributed by atoms with van der Waals surface area (Å²) in [5.74, 6) is -0.273. The highest BCUT2D eigenvalue weighted by atomic mass is 16.3. The second-order valence-electron chi connectivity index (χ2n) is 2.44. The topological polar surface area (TPSA) is 73.3 Å². The van der Waals surface area contributed by atoms with E-state index in [0.717, 1.165) is 0 Å². The Labute approximate surface area is 69.3 Å². The van der Waals surface area contributed by atoms with Gasteiger partial charge in [-0.05, 0) is 12.1 Å². The van der Waals surface area contributed by atoms with Crippen LogP contribution in [0.25, 0.3) is 0 Å². The van der Waals surface area contributed by atoms with Crippen molar-refractivity contribution in [3.8, 4) is 0 Å². The molecule has 1 rings (SSSR count). The maximum Gasteiger partial charge on any atom is 0.224 e. The Kier molecular flexibility index (Phi) is 2.63. The Hall–Kier alpha value is -1.58. The minimum absolute atomic E-state index is 0.135. The number of carbonyl (C=O) groups is 2. The first-order valence-electron chi connectivity index (χ1n) is 3.51. The molecule has 0 aliphatic heterocycles. The van der Waals surface area contributed by atoms with E-state index >= 15 is 0 Å². The number of ketones is 1. The molecule has 1 amide bonds. The van der Waals surface area contributed by atoms with E-state index in [1.54, 1.807) is 12.1 Å². The van der Waals surface area contributed by atoms with E-state index < -0.39 is 5.91 Å². The summed E-state index contributed by atoms with van der Waals surface area (Å²) in [5, 5.41) is 0. The fourth-order valence-electron chi connectivity index (χ4n) is 0.864. The standard InChI is InChI=1S/C8H9NO3/c9-8(11)5-6(10)4-7-2-1-3-12-7/h1-3H,4-5H2,(H2,9,11). The number of Topliss-reactive ketones (excluding diaryl/α,β-unsaturated/α-hetero) is 1. The second-order valence-corrected chi connectivity index (χ2v) is 2.44. The zero-order valence-corrected chi connectivity index (χ0v) is 6.45. The molecule has 1 aromatic rings. The number of hydrogen-bond acceptors (Lipinski definition) is 3. The maximum absolute atomic E-state index is 11.0. The fraction of sp³-hybridized carbons (Fsp3) is 0.250. The number of carbonyl (C=O) groups excluding carboxylic acids is 2. The lowest BCUT2D eigenvalue weighted by Crippen LogP contribution is -2.17. The van der Waals surface area contributed by atoms with Gasteiger partial charge in [0, 0.05) is 0 Å². The smallest absolute Gasteiger partial charge is 0.224 e. The highest BCUT2D eigenvalue weighted by Gasteiger charge is 2.08. The molecule has 4 heteroatoms. The zero-order valence-electron chi connectivity index (χ0n) is 6.45. The third-order valence-electron chi connectivity index (χ3n) is 1.32. The predicted octanol–water partition coefficient (Wildman–Crippen LogP) is 0.267. The van der Waals surface area contributed by atoms with E-state index in [0.29, 0.717) is 5.76 Å². The van der Waals surface area contributed by atoms with Gasteiger partial charge >= 0.3 is 0 Å². The van der Waals surface area contributed by atoms with Crippen LogP contribution in [-0.4, -0.2) is 11.7 Å². The predicted molar refractivity (Wildman–Crippen MR) is 41.2 cm³/mol. The van der Waals surface area contributed by atoms with Crippen molar-refractivity contribution in [3.05, 3.63) is 24.2 Å². The van der Waals surface area contributed by atoms with Crippen molar-refractivity contribution in [2.24, 2.45) is 5.73 Å². The molecule has 1 heterocycles. The highest BCUT2D eigenvalue weighted by molar-refractivity contribution is 5.97. The summed E-state index contributed by atoms with van der Waals surface area (Å²) in [4.78, 5) is 21.3. The van der Waals surface area contributed by atoms with E-state index in [4.69, 9.17) is 10.2 Å². The van der Waals surface area contributed by atoms with Gasteiger partial charge in [0.25, 0.3) is 0 Å². The summed E-state index contributed by atoms with van der Waals surface area (Å²) in [6.45, 7) is 0. The monoisotopic (exact) mass is 167 g/mol. The van der Waals surface area contributed by atoms with Gasteiger partial charge in [-0.25, -0.2) is 0 Å². The average Bonchev–Trinajstić information content (AvgIpc) is 2.37. The molecular formula is C8H9NO3. The summed E-state index contributed by atoms with van der Waals surface area (Å²) < 4.78 is 4.91. The van der Waals surface area contributed by atoms with Gasteiger partial charge < -0.3 is 10.2 Å². The Morgan fingerprint density at radius 1 is 1.50 bits per heavy atom. The Morgan fingerprint density at radius 3 is 2.75 bits per heavy atom. The molecule has 4 nitrogen and oxygen atoms in total. The van der Waals surface area contributed by atoms with Crippen molar-refractivity contribution in [2.75, 3.05) is 0 Å². The highest BCUT2D eigenvalue weighted by Crippen LogP contribution is 2.02. The molecule has 0 saturated heterocycles. The second kappa shape index (κ2) is 3.71. The van der Waals surface area contributed by atoms with Crippen LogP contribution in [0.5, 0.6) is 0 Å². The number of primary amides is 1. The summed E-state index contributed by atoms with van der Waals surface area (Å²) >= 11 is 0. The fourth-order valence-corrected chi connectivity index (χ4v) is 0.864. The van der Waals surface area contributed by atoms with E-state index in [1.807, 2.05) is 0 Å². The molecule has 0 spiro atoms. The summed E-state index contributed by atoms with van der Waals surface area (Å²) in [6, 6.07) is 3.37. The molecule has 12 heavy (non-hydrogen) atoms. The van der Waals surface area contributed by atoms with Crippen LogP contribution in [0, 0.1) is 0 Å². The number of hydrogen-bond donors (Lipinski definition) is 1. The third kappa shape index (κ3) is 2.57. The minimum atomic E-state index is -0.605. The van der Waals surface area contributed by atoms with Crippen LogP contribution in [0.1, 0.15) is 12.2 Å². The van der Waals surface area contributed by atoms with Crippen LogP contribution in [0.15, 0.2) is 22.8 Å². The summed E-state index contributed by atoms with van der Waals surface area (Å²) in [6.07, 6.45) is 1.39. The molecule has 0 atom stereocenters. The minimum Gasteiger partial charge on any atom is -0.469 e. The molecule has 0 unspecified atom stereocenters. The lowest BCUT2D eigenvalue weighted by Gasteiger charge is -1.93.